The normalized spacial score (nSPS) is 16.8. The van der Waals surface area contributed by atoms with E-state index in [9.17, 15) is 0 Å². The molecule has 186 valence electrons. The van der Waals surface area contributed by atoms with Crippen LogP contribution in [0.15, 0.2) is 11.6 Å². The Labute approximate surface area is 195 Å². The van der Waals surface area contributed by atoms with Crippen molar-refractivity contribution in [3.8, 4) is 0 Å². The fourth-order valence-corrected chi connectivity index (χ4v) is 3.50. The fourth-order valence-electron chi connectivity index (χ4n) is 3.50. The van der Waals surface area contributed by atoms with Gasteiger partial charge in [-0.05, 0) is 89.9 Å². The highest BCUT2D eigenvalue weighted by Gasteiger charge is 2.37. The standard InChI is InChI=1S/C28H57NO2/c1-22(2)14-12-15-24(5)17-20-30-27(9,10)26(7,8)19-13-16-25(6)18-21-31-28(11,29)23(3)4/h14,23-25H,12-13,15-21,29H2,1-11H3. The average Bonchev–Trinajstić information content (AvgIpc) is 2.60. The molecule has 0 rings (SSSR count). The van der Waals surface area contributed by atoms with Crippen LogP contribution in [0.5, 0.6) is 0 Å². The molecule has 0 radical (unpaired) electrons. The molecular formula is C28H57NO2. The highest BCUT2D eigenvalue weighted by molar-refractivity contribution is 4.93. The molecule has 0 aromatic heterocycles. The molecular weight excluding hydrogens is 382 g/mol. The first-order chi connectivity index (χ1) is 14.1. The first-order valence-electron chi connectivity index (χ1n) is 12.8. The molecule has 0 saturated heterocycles. The van der Waals surface area contributed by atoms with Gasteiger partial charge in [0.05, 0.1) is 5.60 Å². The zero-order valence-electron chi connectivity index (χ0n) is 23.1. The lowest BCUT2D eigenvalue weighted by atomic mass is 9.73. The van der Waals surface area contributed by atoms with E-state index in [1.165, 1.54) is 37.7 Å². The molecule has 0 aromatic carbocycles. The van der Waals surface area contributed by atoms with E-state index in [2.05, 4.69) is 75.3 Å². The summed E-state index contributed by atoms with van der Waals surface area (Å²) in [5.41, 5.74) is 7.14. The van der Waals surface area contributed by atoms with Crippen LogP contribution in [0, 0.1) is 23.2 Å². The van der Waals surface area contributed by atoms with Gasteiger partial charge in [0.2, 0.25) is 0 Å². The molecule has 3 atom stereocenters. The molecule has 3 unspecified atom stereocenters. The lowest BCUT2D eigenvalue weighted by Gasteiger charge is -2.42. The number of rotatable bonds is 17. The largest absolute Gasteiger partial charge is 0.375 e. The minimum Gasteiger partial charge on any atom is -0.375 e. The van der Waals surface area contributed by atoms with Gasteiger partial charge >= 0.3 is 0 Å². The van der Waals surface area contributed by atoms with Crippen molar-refractivity contribution >= 4 is 0 Å². The topological polar surface area (TPSA) is 44.5 Å². The summed E-state index contributed by atoms with van der Waals surface area (Å²) in [5.74, 6) is 1.69. The first kappa shape index (κ1) is 30.6. The molecule has 2 N–H and O–H groups in total. The maximum atomic E-state index is 6.43. The van der Waals surface area contributed by atoms with Gasteiger partial charge in [0.15, 0.2) is 0 Å². The van der Waals surface area contributed by atoms with Crippen molar-refractivity contribution in [3.63, 3.8) is 0 Å². The van der Waals surface area contributed by atoms with E-state index in [0.717, 1.165) is 26.1 Å². The van der Waals surface area contributed by atoms with Crippen molar-refractivity contribution in [1.82, 2.24) is 0 Å². The van der Waals surface area contributed by atoms with Gasteiger partial charge in [-0.1, -0.05) is 66.0 Å². The van der Waals surface area contributed by atoms with Gasteiger partial charge in [-0.25, -0.2) is 0 Å². The second-order valence-electron chi connectivity index (χ2n) is 12.0. The maximum Gasteiger partial charge on any atom is 0.116 e. The summed E-state index contributed by atoms with van der Waals surface area (Å²) in [4.78, 5) is 0. The molecule has 0 aromatic rings. The van der Waals surface area contributed by atoms with Gasteiger partial charge in [-0.3, -0.25) is 0 Å². The molecule has 0 aliphatic carbocycles. The minimum absolute atomic E-state index is 0.113. The summed E-state index contributed by atoms with van der Waals surface area (Å²) in [5, 5.41) is 0. The second-order valence-corrected chi connectivity index (χ2v) is 12.0. The third-order valence-electron chi connectivity index (χ3n) is 7.58. The SMILES string of the molecule is CC(C)=CCCC(C)CCOC(C)(C)C(C)(C)CCCC(C)CCOC(C)(N)C(C)C. The second kappa shape index (κ2) is 14.0. The van der Waals surface area contributed by atoms with Crippen LogP contribution < -0.4 is 5.73 Å². The van der Waals surface area contributed by atoms with Crippen molar-refractivity contribution < 1.29 is 9.47 Å². The van der Waals surface area contributed by atoms with Gasteiger partial charge < -0.3 is 15.2 Å². The van der Waals surface area contributed by atoms with Crippen LogP contribution in [-0.4, -0.2) is 24.5 Å². The molecule has 3 heteroatoms. The Morgan fingerprint density at radius 1 is 0.806 bits per heavy atom. The molecule has 0 bridgehead atoms. The van der Waals surface area contributed by atoms with Gasteiger partial charge in [-0.2, -0.15) is 0 Å². The number of nitrogens with two attached hydrogens (primary N) is 1. The molecule has 0 amide bonds. The number of allylic oxidation sites excluding steroid dienone is 2. The summed E-state index contributed by atoms with van der Waals surface area (Å²) in [6.07, 6.45) is 10.6. The van der Waals surface area contributed by atoms with Crippen LogP contribution in [0.2, 0.25) is 0 Å². The molecule has 0 saturated carbocycles. The third-order valence-corrected chi connectivity index (χ3v) is 7.58. The monoisotopic (exact) mass is 439 g/mol. The molecule has 0 fully saturated rings. The number of hydrogen-bond donors (Lipinski definition) is 1. The predicted octanol–water partition coefficient (Wildman–Crippen LogP) is 8.12. The van der Waals surface area contributed by atoms with Crippen molar-refractivity contribution in [2.45, 2.75) is 132 Å². The summed E-state index contributed by atoms with van der Waals surface area (Å²) in [7, 11) is 0. The summed E-state index contributed by atoms with van der Waals surface area (Å²) < 4.78 is 12.3. The van der Waals surface area contributed by atoms with E-state index in [-0.39, 0.29) is 11.0 Å². The zero-order valence-corrected chi connectivity index (χ0v) is 23.1. The Balaban J connectivity index is 4.25. The Morgan fingerprint density at radius 3 is 1.84 bits per heavy atom. The van der Waals surface area contributed by atoms with E-state index in [4.69, 9.17) is 15.2 Å². The van der Waals surface area contributed by atoms with Gasteiger partial charge in [0.25, 0.3) is 0 Å². The van der Waals surface area contributed by atoms with Crippen LogP contribution in [-0.2, 0) is 9.47 Å². The molecule has 31 heavy (non-hydrogen) atoms. The van der Waals surface area contributed by atoms with Gasteiger partial charge in [0, 0.05) is 13.2 Å². The summed E-state index contributed by atoms with van der Waals surface area (Å²) in [6, 6.07) is 0. The van der Waals surface area contributed by atoms with Crippen LogP contribution in [0.25, 0.3) is 0 Å². The quantitative estimate of drug-likeness (QED) is 0.184. The Hall–Kier alpha value is -0.380. The Kier molecular flexibility index (Phi) is 13.8. The number of hydrogen-bond acceptors (Lipinski definition) is 3. The smallest absolute Gasteiger partial charge is 0.116 e. The maximum absolute atomic E-state index is 6.43. The third kappa shape index (κ3) is 13.0. The Bertz CT molecular complexity index is 501. The Morgan fingerprint density at radius 2 is 1.32 bits per heavy atom. The van der Waals surface area contributed by atoms with Crippen LogP contribution in [0.3, 0.4) is 0 Å². The van der Waals surface area contributed by atoms with E-state index in [1.807, 2.05) is 6.92 Å². The zero-order chi connectivity index (χ0) is 24.3. The van der Waals surface area contributed by atoms with Crippen molar-refractivity contribution in [2.75, 3.05) is 13.2 Å². The number of ether oxygens (including phenoxy) is 2. The molecule has 3 nitrogen and oxygen atoms in total. The average molecular weight is 440 g/mol. The van der Waals surface area contributed by atoms with E-state index < -0.39 is 5.72 Å². The van der Waals surface area contributed by atoms with Gasteiger partial charge in [-0.15, -0.1) is 0 Å². The molecule has 0 aliphatic heterocycles. The van der Waals surface area contributed by atoms with Crippen LogP contribution in [0.4, 0.5) is 0 Å². The molecule has 0 aliphatic rings. The summed E-state index contributed by atoms with van der Waals surface area (Å²) >= 11 is 0. The minimum atomic E-state index is -0.522. The first-order valence-corrected chi connectivity index (χ1v) is 12.8. The van der Waals surface area contributed by atoms with Crippen LogP contribution in [0.1, 0.15) is 121 Å². The fraction of sp³-hybridized carbons (Fsp3) is 0.929. The van der Waals surface area contributed by atoms with E-state index in [1.54, 1.807) is 0 Å². The van der Waals surface area contributed by atoms with Crippen LogP contribution >= 0.6 is 0 Å². The molecule has 0 spiro atoms. The van der Waals surface area contributed by atoms with Crippen molar-refractivity contribution in [1.29, 1.82) is 0 Å². The lowest BCUT2D eigenvalue weighted by molar-refractivity contribution is -0.105. The van der Waals surface area contributed by atoms with E-state index in [0.29, 0.717) is 17.8 Å². The molecule has 0 heterocycles. The highest BCUT2D eigenvalue weighted by Crippen LogP contribution is 2.39. The van der Waals surface area contributed by atoms with Gasteiger partial charge in [0.1, 0.15) is 5.72 Å². The summed E-state index contributed by atoms with van der Waals surface area (Å²) in [6.45, 7) is 26.1. The highest BCUT2D eigenvalue weighted by atomic mass is 16.5. The van der Waals surface area contributed by atoms with Crippen molar-refractivity contribution in [3.05, 3.63) is 11.6 Å². The van der Waals surface area contributed by atoms with E-state index >= 15 is 0 Å². The predicted molar refractivity (Wildman–Crippen MR) is 137 cm³/mol. The van der Waals surface area contributed by atoms with Crippen molar-refractivity contribution in [2.24, 2.45) is 28.9 Å². The lowest BCUT2D eigenvalue weighted by Crippen LogP contribution is -2.44.